The molecule has 1 fully saturated rings. The number of nitrogens with one attached hydrogen (secondary N) is 1. The first-order valence-corrected chi connectivity index (χ1v) is 7.87. The Labute approximate surface area is 124 Å². The minimum absolute atomic E-state index is 0.322. The van der Waals surface area contributed by atoms with E-state index in [1.807, 2.05) is 6.07 Å². The monoisotopic (exact) mass is 299 g/mol. The van der Waals surface area contributed by atoms with Crippen LogP contribution in [0.3, 0.4) is 0 Å². The van der Waals surface area contributed by atoms with Crippen molar-refractivity contribution in [1.29, 1.82) is 0 Å². The van der Waals surface area contributed by atoms with E-state index in [4.69, 9.17) is 27.9 Å². The van der Waals surface area contributed by atoms with E-state index >= 15 is 0 Å². The first-order chi connectivity index (χ1) is 9.24. The molecule has 1 atom stereocenters. The molecule has 0 bridgehead atoms. The van der Waals surface area contributed by atoms with Crippen LogP contribution in [-0.4, -0.2) is 12.6 Å². The molecule has 1 aliphatic heterocycles. The van der Waals surface area contributed by atoms with E-state index in [1.165, 1.54) is 32.1 Å². The lowest BCUT2D eigenvalue weighted by Crippen LogP contribution is -2.36. The molecule has 1 saturated carbocycles. The highest BCUT2D eigenvalue weighted by Crippen LogP contribution is 2.40. The van der Waals surface area contributed by atoms with Crippen LogP contribution < -0.4 is 10.1 Å². The first-order valence-electron chi connectivity index (χ1n) is 7.12. The van der Waals surface area contributed by atoms with E-state index < -0.39 is 0 Å². The van der Waals surface area contributed by atoms with Crippen molar-refractivity contribution in [1.82, 2.24) is 5.32 Å². The zero-order valence-corrected chi connectivity index (χ0v) is 12.4. The lowest BCUT2D eigenvalue weighted by atomic mass is 9.92. The summed E-state index contributed by atoms with van der Waals surface area (Å²) in [6.45, 7) is 0.721. The second-order valence-electron chi connectivity index (χ2n) is 5.50. The highest BCUT2D eigenvalue weighted by molar-refractivity contribution is 6.35. The van der Waals surface area contributed by atoms with E-state index in [0.717, 1.165) is 24.3 Å². The molecule has 1 aromatic carbocycles. The van der Waals surface area contributed by atoms with Crippen molar-refractivity contribution in [3.63, 3.8) is 0 Å². The van der Waals surface area contributed by atoms with Gasteiger partial charge >= 0.3 is 0 Å². The minimum Gasteiger partial charge on any atom is -0.492 e. The second kappa shape index (κ2) is 5.90. The Kier molecular flexibility index (Phi) is 4.21. The summed E-state index contributed by atoms with van der Waals surface area (Å²) in [6.07, 6.45) is 7.59. The van der Waals surface area contributed by atoms with E-state index in [9.17, 15) is 0 Å². The van der Waals surface area contributed by atoms with Crippen LogP contribution in [0.25, 0.3) is 0 Å². The Bertz CT molecular complexity index is 458. The molecule has 0 amide bonds. The summed E-state index contributed by atoms with van der Waals surface area (Å²) in [4.78, 5) is 0. The average molecular weight is 300 g/mol. The fourth-order valence-electron chi connectivity index (χ4n) is 3.15. The van der Waals surface area contributed by atoms with Crippen LogP contribution in [0, 0.1) is 0 Å². The smallest absolute Gasteiger partial charge is 0.142 e. The van der Waals surface area contributed by atoms with Gasteiger partial charge in [-0.25, -0.2) is 0 Å². The quantitative estimate of drug-likeness (QED) is 0.852. The van der Waals surface area contributed by atoms with Crippen molar-refractivity contribution in [3.05, 3.63) is 27.7 Å². The maximum Gasteiger partial charge on any atom is 0.142 e. The molecule has 2 nitrogen and oxygen atoms in total. The van der Waals surface area contributed by atoms with Gasteiger partial charge in [0.2, 0.25) is 0 Å². The van der Waals surface area contributed by atoms with Gasteiger partial charge in [0, 0.05) is 29.1 Å². The Morgan fingerprint density at radius 3 is 2.63 bits per heavy atom. The molecule has 4 heteroatoms. The summed E-state index contributed by atoms with van der Waals surface area (Å²) in [7, 11) is 0. The lowest BCUT2D eigenvalue weighted by molar-refractivity contribution is 0.233. The third-order valence-electron chi connectivity index (χ3n) is 4.11. The zero-order valence-electron chi connectivity index (χ0n) is 10.9. The maximum absolute atomic E-state index is 6.22. The molecule has 1 aromatic rings. The van der Waals surface area contributed by atoms with Gasteiger partial charge in [0.15, 0.2) is 0 Å². The number of hydrogen-bond acceptors (Lipinski definition) is 2. The number of rotatable bonds is 2. The van der Waals surface area contributed by atoms with Crippen molar-refractivity contribution in [3.8, 4) is 5.75 Å². The number of halogens is 2. The van der Waals surface area contributed by atoms with Gasteiger partial charge in [0.25, 0.3) is 0 Å². The molecule has 3 rings (SSSR count). The summed E-state index contributed by atoms with van der Waals surface area (Å²) in [5.74, 6) is 0.811. The molecule has 0 aromatic heterocycles. The van der Waals surface area contributed by atoms with E-state index in [1.54, 1.807) is 6.07 Å². The summed E-state index contributed by atoms with van der Waals surface area (Å²) in [5, 5.41) is 5.08. The van der Waals surface area contributed by atoms with Crippen molar-refractivity contribution < 1.29 is 4.74 Å². The zero-order chi connectivity index (χ0) is 13.2. The maximum atomic E-state index is 6.22. The Balaban J connectivity index is 1.81. The molecular formula is C15H19Cl2NO. The highest BCUT2D eigenvalue weighted by Gasteiger charge is 2.26. The third kappa shape index (κ3) is 3.01. The van der Waals surface area contributed by atoms with Gasteiger partial charge < -0.3 is 10.1 Å². The van der Waals surface area contributed by atoms with Crippen LogP contribution >= 0.6 is 23.2 Å². The van der Waals surface area contributed by atoms with Crippen LogP contribution in [0.2, 0.25) is 10.0 Å². The largest absolute Gasteiger partial charge is 0.492 e. The SMILES string of the molecule is Clc1cc(Cl)c2c(c1)C(NC1CCCCC1)CCO2. The molecular weight excluding hydrogens is 281 g/mol. The second-order valence-corrected chi connectivity index (χ2v) is 6.34. The van der Waals surface area contributed by atoms with Gasteiger partial charge in [0.1, 0.15) is 5.75 Å². The molecule has 1 N–H and O–H groups in total. The molecule has 1 unspecified atom stereocenters. The topological polar surface area (TPSA) is 21.3 Å². The lowest BCUT2D eigenvalue weighted by Gasteiger charge is -2.32. The van der Waals surface area contributed by atoms with Crippen LogP contribution in [-0.2, 0) is 0 Å². The molecule has 1 aliphatic carbocycles. The summed E-state index contributed by atoms with van der Waals surface area (Å²) in [5.41, 5.74) is 1.12. The number of ether oxygens (including phenoxy) is 1. The fourth-order valence-corrected chi connectivity index (χ4v) is 3.72. The van der Waals surface area contributed by atoms with Gasteiger partial charge in [-0.05, 0) is 25.0 Å². The molecule has 1 heterocycles. The molecule has 0 radical (unpaired) electrons. The van der Waals surface area contributed by atoms with E-state index in [2.05, 4.69) is 5.32 Å². The molecule has 0 spiro atoms. The van der Waals surface area contributed by atoms with E-state index in [0.29, 0.717) is 22.1 Å². The summed E-state index contributed by atoms with van der Waals surface area (Å²) < 4.78 is 5.70. The van der Waals surface area contributed by atoms with Gasteiger partial charge in [0.05, 0.1) is 11.6 Å². The standard InChI is InChI=1S/C15H19Cl2NO/c16-10-8-12-14(18-11-4-2-1-3-5-11)6-7-19-15(12)13(17)9-10/h8-9,11,14,18H,1-7H2. The van der Waals surface area contributed by atoms with Crippen molar-refractivity contribution in [2.45, 2.75) is 50.6 Å². The number of fused-ring (bicyclic) bond motifs is 1. The molecule has 0 saturated heterocycles. The van der Waals surface area contributed by atoms with Gasteiger partial charge in [-0.1, -0.05) is 42.5 Å². The number of benzene rings is 1. The highest BCUT2D eigenvalue weighted by atomic mass is 35.5. The Morgan fingerprint density at radius 1 is 1.05 bits per heavy atom. The summed E-state index contributed by atoms with van der Waals surface area (Å²) in [6, 6.07) is 4.69. The predicted molar refractivity (Wildman–Crippen MR) is 79.3 cm³/mol. The molecule has 104 valence electrons. The van der Waals surface area contributed by atoms with Crippen molar-refractivity contribution in [2.75, 3.05) is 6.61 Å². The number of hydrogen-bond donors (Lipinski definition) is 1. The van der Waals surface area contributed by atoms with Gasteiger partial charge in [-0.15, -0.1) is 0 Å². The normalized spacial score (nSPS) is 23.8. The van der Waals surface area contributed by atoms with Crippen LogP contribution in [0.5, 0.6) is 5.75 Å². The van der Waals surface area contributed by atoms with Crippen LogP contribution in [0.15, 0.2) is 12.1 Å². The first kappa shape index (κ1) is 13.5. The van der Waals surface area contributed by atoms with Crippen LogP contribution in [0.1, 0.15) is 50.1 Å². The van der Waals surface area contributed by atoms with Crippen LogP contribution in [0.4, 0.5) is 0 Å². The minimum atomic E-state index is 0.322. The molecule has 2 aliphatic rings. The average Bonchev–Trinajstić information content (AvgIpc) is 2.41. The van der Waals surface area contributed by atoms with Gasteiger partial charge in [-0.3, -0.25) is 0 Å². The summed E-state index contributed by atoms with van der Waals surface area (Å²) >= 11 is 12.3. The van der Waals surface area contributed by atoms with E-state index in [-0.39, 0.29) is 0 Å². The van der Waals surface area contributed by atoms with Crippen molar-refractivity contribution in [2.24, 2.45) is 0 Å². The third-order valence-corrected chi connectivity index (χ3v) is 4.61. The van der Waals surface area contributed by atoms with Crippen molar-refractivity contribution >= 4 is 23.2 Å². The fraction of sp³-hybridized carbons (Fsp3) is 0.600. The van der Waals surface area contributed by atoms with Gasteiger partial charge in [-0.2, -0.15) is 0 Å². The predicted octanol–water partition coefficient (Wildman–Crippen LogP) is 4.74. The Morgan fingerprint density at radius 2 is 1.84 bits per heavy atom. The molecule has 19 heavy (non-hydrogen) atoms. The Hall–Kier alpha value is -0.440.